The Hall–Kier alpha value is 0.478. The average molecular weight is 568 g/mol. The van der Waals surface area contributed by atoms with Crippen LogP contribution in [-0.2, 0) is 0 Å². The second kappa shape index (κ2) is 31.5. The summed E-state index contributed by atoms with van der Waals surface area (Å²) in [6.45, 7) is 27.2. The number of hydrogen-bond donors (Lipinski definition) is 2. The third-order valence-corrected chi connectivity index (χ3v) is 14.2. The molecule has 0 rings (SSSR count). The Labute approximate surface area is 215 Å². The molecule has 0 fully saturated rings. The molecule has 0 saturated heterocycles. The van der Waals surface area contributed by atoms with E-state index in [1.165, 1.54) is 55.7 Å². The normalized spacial score (nSPS) is 12.8. The Kier molecular flexibility index (Phi) is 41.9. The molecule has 0 aliphatic heterocycles. The molecule has 0 amide bonds. The molecule has 200 valence electrons. The van der Waals surface area contributed by atoms with Crippen molar-refractivity contribution >= 4 is 20.2 Å². The zero-order chi connectivity index (χ0) is 25.3. The molecule has 0 aromatic rings. The van der Waals surface area contributed by atoms with Gasteiger partial charge in [-0.15, -0.1) is 0 Å². The summed E-state index contributed by atoms with van der Waals surface area (Å²) in [5, 5.41) is 3.41. The van der Waals surface area contributed by atoms with E-state index in [1.807, 2.05) is 27.7 Å². The van der Waals surface area contributed by atoms with E-state index in [4.69, 9.17) is 5.73 Å². The molecule has 0 spiro atoms. The Balaban J connectivity index is -0.000000236. The van der Waals surface area contributed by atoms with Crippen LogP contribution in [0.4, 0.5) is 0 Å². The van der Waals surface area contributed by atoms with Gasteiger partial charge in [0.05, 0.1) is 0 Å². The summed E-state index contributed by atoms with van der Waals surface area (Å²) in [5.74, 6) is 1.58. The standard InChI is InChI=1S/C9H19.C8H16N.C4H10.C3H8N.2C2H6.CH4.Sb/c1-4-7-8-9(5-2)6-3;1-4-8(2)6-5-7-9-3;1-3-4-2;1-3(2)4;2*1-2;;/h9H,2,4-8H2,1,3H3;6,8-9H,4,7H2,1-3H3;3-4H2,1-2H3;4H2,1-2H3;2*1-2H3;1H4;. The first-order valence-corrected chi connectivity index (χ1v) is 18.0. The van der Waals surface area contributed by atoms with Crippen LogP contribution in [0.5, 0.6) is 0 Å². The van der Waals surface area contributed by atoms with Crippen LogP contribution in [0.25, 0.3) is 0 Å². The van der Waals surface area contributed by atoms with E-state index in [0.29, 0.717) is 5.92 Å². The molecule has 0 radical (unpaired) electrons. The molecule has 3 N–H and O–H groups in total. The summed E-state index contributed by atoms with van der Waals surface area (Å²) >= 11 is -1.67. The molecule has 0 aliphatic rings. The van der Waals surface area contributed by atoms with Gasteiger partial charge in [0.2, 0.25) is 0 Å². The van der Waals surface area contributed by atoms with E-state index >= 15 is 0 Å². The van der Waals surface area contributed by atoms with Gasteiger partial charge in [-0.25, -0.2) is 0 Å². The number of allylic oxidation sites excluding steroid dienone is 1. The van der Waals surface area contributed by atoms with Gasteiger partial charge >= 0.3 is 154 Å². The molecule has 2 nitrogen and oxygen atoms in total. The van der Waals surface area contributed by atoms with Gasteiger partial charge in [0.25, 0.3) is 0 Å². The molecular weight excluding hydrogens is 498 g/mol. The first-order valence-electron chi connectivity index (χ1n) is 13.6. The van der Waals surface area contributed by atoms with Gasteiger partial charge < -0.3 is 0 Å². The van der Waals surface area contributed by atoms with Crippen LogP contribution in [0, 0.1) is 11.8 Å². The Bertz CT molecular complexity index is 346. The predicted octanol–water partition coefficient (Wildman–Crippen LogP) is 9.59. The van der Waals surface area contributed by atoms with Crippen LogP contribution >= 0.6 is 0 Å². The maximum absolute atomic E-state index is 6.67. The van der Waals surface area contributed by atoms with Crippen LogP contribution < -0.4 is 11.1 Å². The summed E-state index contributed by atoms with van der Waals surface area (Å²) in [6, 6.07) is 0. The maximum atomic E-state index is 6.67. The first-order chi connectivity index (χ1) is 14.7. The number of nitrogens with two attached hydrogens (primary N) is 1. The van der Waals surface area contributed by atoms with E-state index in [9.17, 15) is 0 Å². The van der Waals surface area contributed by atoms with Crippen LogP contribution in [0.2, 0.25) is 4.37 Å². The molecule has 0 aromatic carbocycles. The summed E-state index contributed by atoms with van der Waals surface area (Å²) in [5.41, 5.74) is 6.67. The topological polar surface area (TPSA) is 38.0 Å². The van der Waals surface area contributed by atoms with Crippen molar-refractivity contribution in [3.63, 3.8) is 0 Å². The quantitative estimate of drug-likeness (QED) is 0.205. The summed E-state index contributed by atoms with van der Waals surface area (Å²) in [4.78, 5) is 0. The fraction of sp³-hybridized carbons (Fsp3) is 0.931. The molecule has 3 heteroatoms. The Morgan fingerprint density at radius 2 is 1.41 bits per heavy atom. The SMILES string of the molecule is C.CC.CC.CCCC.CCCCC(CC)C[CH2][Sb](/[C](=C/C(C)CC)CNC)[C](C)(C)N. The summed E-state index contributed by atoms with van der Waals surface area (Å²) < 4.78 is 3.13. The molecular formula is C29H69N2Sb. The molecule has 0 aliphatic carbocycles. The number of hydrogen-bond acceptors (Lipinski definition) is 2. The third-order valence-electron chi connectivity index (χ3n) is 5.33. The van der Waals surface area contributed by atoms with Crippen LogP contribution in [-0.4, -0.2) is 37.3 Å². The predicted molar refractivity (Wildman–Crippen MR) is 158 cm³/mol. The van der Waals surface area contributed by atoms with Crippen LogP contribution in [0.3, 0.4) is 0 Å². The van der Waals surface area contributed by atoms with E-state index < -0.39 is 20.2 Å². The molecule has 0 bridgehead atoms. The minimum absolute atomic E-state index is 0. The Morgan fingerprint density at radius 1 is 0.906 bits per heavy atom. The van der Waals surface area contributed by atoms with Gasteiger partial charge in [-0.2, -0.15) is 0 Å². The number of unbranched alkanes of at least 4 members (excludes halogenated alkanes) is 2. The number of rotatable bonds is 14. The zero-order valence-corrected chi connectivity index (χ0v) is 26.9. The van der Waals surface area contributed by atoms with E-state index in [2.05, 4.69) is 73.8 Å². The van der Waals surface area contributed by atoms with Gasteiger partial charge in [0.15, 0.2) is 0 Å². The second-order valence-electron chi connectivity index (χ2n) is 8.58. The monoisotopic (exact) mass is 566 g/mol. The van der Waals surface area contributed by atoms with E-state index in [1.54, 1.807) is 3.52 Å². The number of nitrogens with one attached hydrogen (secondary N) is 1. The van der Waals surface area contributed by atoms with Crippen molar-refractivity contribution in [1.82, 2.24) is 5.32 Å². The summed E-state index contributed by atoms with van der Waals surface area (Å²) in [6.07, 6.45) is 13.2. The molecule has 0 heterocycles. The summed E-state index contributed by atoms with van der Waals surface area (Å²) in [7, 11) is 2.07. The van der Waals surface area contributed by atoms with Crippen LogP contribution in [0.15, 0.2) is 9.60 Å². The zero-order valence-electron chi connectivity index (χ0n) is 24.3. The Morgan fingerprint density at radius 3 is 1.72 bits per heavy atom. The van der Waals surface area contributed by atoms with Crippen molar-refractivity contribution in [2.24, 2.45) is 17.6 Å². The van der Waals surface area contributed by atoms with Crippen molar-refractivity contribution < 1.29 is 0 Å². The van der Waals surface area contributed by atoms with Gasteiger partial charge in [-0.3, -0.25) is 0 Å². The minimum atomic E-state index is -1.67. The van der Waals surface area contributed by atoms with Crippen molar-refractivity contribution in [3.05, 3.63) is 9.60 Å². The molecule has 2 unspecified atom stereocenters. The fourth-order valence-electron chi connectivity index (χ4n) is 3.03. The van der Waals surface area contributed by atoms with Crippen molar-refractivity contribution in [3.8, 4) is 0 Å². The fourth-order valence-corrected chi connectivity index (χ4v) is 11.6. The third kappa shape index (κ3) is 26.7. The molecule has 2 atom stereocenters. The average Bonchev–Trinajstić information content (AvgIpc) is 2.77. The number of likely N-dealkylation sites (N-methyl/N-ethyl adjacent to an activating group) is 1. The van der Waals surface area contributed by atoms with Gasteiger partial charge in [0, 0.05) is 0 Å². The molecule has 0 aromatic heterocycles. The van der Waals surface area contributed by atoms with E-state index in [0.717, 1.165) is 12.5 Å². The first kappa shape index (κ1) is 42.6. The van der Waals surface area contributed by atoms with Crippen molar-refractivity contribution in [2.45, 2.75) is 150 Å². The molecule has 0 saturated carbocycles. The van der Waals surface area contributed by atoms with Crippen LogP contribution in [0.1, 0.15) is 142 Å². The van der Waals surface area contributed by atoms with Gasteiger partial charge in [-0.1, -0.05) is 61.8 Å². The van der Waals surface area contributed by atoms with E-state index in [-0.39, 0.29) is 10.9 Å². The van der Waals surface area contributed by atoms with Crippen molar-refractivity contribution in [2.75, 3.05) is 13.6 Å². The van der Waals surface area contributed by atoms with Crippen molar-refractivity contribution in [1.29, 1.82) is 0 Å². The molecule has 32 heavy (non-hydrogen) atoms. The second-order valence-corrected chi connectivity index (χ2v) is 17.2. The van der Waals surface area contributed by atoms with Gasteiger partial charge in [0.1, 0.15) is 0 Å². The van der Waals surface area contributed by atoms with Gasteiger partial charge in [-0.05, 0) is 0 Å².